The first-order chi connectivity index (χ1) is 13.5. The van der Waals surface area contributed by atoms with Crippen LogP contribution in [-0.2, 0) is 19.1 Å². The zero-order chi connectivity index (χ0) is 21.4. The Labute approximate surface area is 173 Å². The summed E-state index contributed by atoms with van der Waals surface area (Å²) >= 11 is 0. The van der Waals surface area contributed by atoms with Crippen LogP contribution in [0.1, 0.15) is 106 Å². The molecular weight excluding hydrogens is 352 g/mol. The van der Waals surface area contributed by atoms with Crippen molar-refractivity contribution in [3.05, 3.63) is 11.1 Å². The number of ether oxygens (including phenoxy) is 2. The van der Waals surface area contributed by atoms with E-state index in [1.54, 1.807) is 0 Å². The zero-order valence-electron chi connectivity index (χ0n) is 19.3. The summed E-state index contributed by atoms with van der Waals surface area (Å²) in [6, 6.07) is 0. The molecule has 0 aromatic heterocycles. The lowest BCUT2D eigenvalue weighted by atomic mass is 9.85. The lowest BCUT2D eigenvalue weighted by molar-refractivity contribution is -0.142. The van der Waals surface area contributed by atoms with Gasteiger partial charge in [-0.3, -0.25) is 0 Å². The molecule has 0 N–H and O–H groups in total. The molecule has 0 fully saturated rings. The first-order valence-corrected chi connectivity index (χ1v) is 11.5. The van der Waals surface area contributed by atoms with E-state index in [1.807, 2.05) is 13.8 Å². The van der Waals surface area contributed by atoms with E-state index in [0.29, 0.717) is 49.0 Å². The second-order valence-corrected chi connectivity index (χ2v) is 7.64. The van der Waals surface area contributed by atoms with Crippen molar-refractivity contribution in [2.45, 2.75) is 106 Å². The highest BCUT2D eigenvalue weighted by molar-refractivity contribution is 6.00. The topological polar surface area (TPSA) is 52.6 Å². The van der Waals surface area contributed by atoms with Crippen LogP contribution >= 0.6 is 0 Å². The standard InChI is InChI=1S/C24H44O4/c1-7-13-15-19(9-3)17-21(23(25)27-11-5)22(24(26)28-12-6)18-20(10-4)16-14-8-2/h19-20H,7-18H2,1-6H3/b22-21-. The Morgan fingerprint density at radius 1 is 0.643 bits per heavy atom. The van der Waals surface area contributed by atoms with Crippen LogP contribution in [0.5, 0.6) is 0 Å². The smallest absolute Gasteiger partial charge is 0.334 e. The predicted molar refractivity (Wildman–Crippen MR) is 116 cm³/mol. The third-order valence-electron chi connectivity index (χ3n) is 5.48. The Morgan fingerprint density at radius 3 is 1.25 bits per heavy atom. The summed E-state index contributed by atoms with van der Waals surface area (Å²) in [6.07, 6.45) is 9.87. The van der Waals surface area contributed by atoms with Crippen LogP contribution in [0, 0.1) is 11.8 Å². The highest BCUT2D eigenvalue weighted by atomic mass is 16.5. The Kier molecular flexibility index (Phi) is 15.8. The van der Waals surface area contributed by atoms with Crippen LogP contribution in [0.3, 0.4) is 0 Å². The minimum absolute atomic E-state index is 0.317. The number of hydrogen-bond acceptors (Lipinski definition) is 4. The maximum atomic E-state index is 12.8. The monoisotopic (exact) mass is 396 g/mol. The summed E-state index contributed by atoms with van der Waals surface area (Å²) in [5.41, 5.74) is 1.11. The van der Waals surface area contributed by atoms with Gasteiger partial charge in [0.15, 0.2) is 0 Å². The van der Waals surface area contributed by atoms with Gasteiger partial charge < -0.3 is 9.47 Å². The summed E-state index contributed by atoms with van der Waals surface area (Å²) in [7, 11) is 0. The van der Waals surface area contributed by atoms with Gasteiger partial charge in [0.1, 0.15) is 0 Å². The molecule has 2 atom stereocenters. The molecule has 0 bridgehead atoms. The number of rotatable bonds is 16. The molecule has 164 valence electrons. The molecule has 0 heterocycles. The first-order valence-electron chi connectivity index (χ1n) is 11.5. The van der Waals surface area contributed by atoms with Gasteiger partial charge >= 0.3 is 11.9 Å². The molecular formula is C24H44O4. The Balaban J connectivity index is 5.91. The van der Waals surface area contributed by atoms with Gasteiger partial charge in [-0.15, -0.1) is 0 Å². The maximum absolute atomic E-state index is 12.8. The SMILES string of the molecule is CCCCC(CC)C/C(C(=O)OCC)=C(\CC(CC)CCCC)C(=O)OCC. The maximum Gasteiger partial charge on any atom is 0.334 e. The fourth-order valence-electron chi connectivity index (χ4n) is 3.56. The number of carbonyl (C=O) groups excluding carboxylic acids is 2. The summed E-state index contributed by atoms with van der Waals surface area (Å²) in [6.45, 7) is 12.9. The molecule has 0 aliphatic carbocycles. The Hall–Kier alpha value is -1.32. The fourth-order valence-corrected chi connectivity index (χ4v) is 3.56. The number of unbranched alkanes of at least 4 members (excludes halogenated alkanes) is 2. The Bertz CT molecular complexity index is 425. The summed E-state index contributed by atoms with van der Waals surface area (Å²) < 4.78 is 10.7. The van der Waals surface area contributed by atoms with Crippen molar-refractivity contribution in [1.82, 2.24) is 0 Å². The summed E-state index contributed by atoms with van der Waals surface area (Å²) in [5, 5.41) is 0. The van der Waals surface area contributed by atoms with E-state index in [4.69, 9.17) is 9.47 Å². The minimum atomic E-state index is -0.342. The lowest BCUT2D eigenvalue weighted by Gasteiger charge is -2.22. The second-order valence-electron chi connectivity index (χ2n) is 7.64. The van der Waals surface area contributed by atoms with Crippen LogP contribution in [0.25, 0.3) is 0 Å². The average molecular weight is 397 g/mol. The van der Waals surface area contributed by atoms with Gasteiger partial charge in [-0.2, -0.15) is 0 Å². The van der Waals surface area contributed by atoms with Crippen LogP contribution in [0.4, 0.5) is 0 Å². The van der Waals surface area contributed by atoms with Gasteiger partial charge in [-0.25, -0.2) is 9.59 Å². The second kappa shape index (κ2) is 16.6. The molecule has 28 heavy (non-hydrogen) atoms. The summed E-state index contributed by atoms with van der Waals surface area (Å²) in [5.74, 6) is 0.0932. The first kappa shape index (κ1) is 26.7. The molecule has 0 aliphatic rings. The largest absolute Gasteiger partial charge is 0.463 e. The molecule has 4 heteroatoms. The highest BCUT2D eigenvalue weighted by Gasteiger charge is 2.27. The van der Waals surface area contributed by atoms with Crippen molar-refractivity contribution in [2.75, 3.05) is 13.2 Å². The fraction of sp³-hybridized carbons (Fsp3) is 0.833. The van der Waals surface area contributed by atoms with Gasteiger partial charge in [-0.1, -0.05) is 79.1 Å². The number of carbonyl (C=O) groups is 2. The van der Waals surface area contributed by atoms with Crippen LogP contribution < -0.4 is 0 Å². The van der Waals surface area contributed by atoms with Crippen LogP contribution in [0.2, 0.25) is 0 Å². The molecule has 0 saturated carbocycles. The molecule has 0 aromatic carbocycles. The van der Waals surface area contributed by atoms with Gasteiger partial charge in [-0.05, 0) is 38.5 Å². The molecule has 0 aliphatic heterocycles. The van der Waals surface area contributed by atoms with Crippen LogP contribution in [-0.4, -0.2) is 25.2 Å². The van der Waals surface area contributed by atoms with E-state index in [0.717, 1.165) is 51.4 Å². The normalized spacial score (nSPS) is 14.2. The molecule has 4 nitrogen and oxygen atoms in total. The molecule has 0 saturated heterocycles. The molecule has 2 unspecified atom stereocenters. The molecule has 0 rings (SSSR count). The average Bonchev–Trinajstić information content (AvgIpc) is 2.69. The molecule has 0 radical (unpaired) electrons. The van der Waals surface area contributed by atoms with Crippen molar-refractivity contribution < 1.29 is 19.1 Å². The van der Waals surface area contributed by atoms with Gasteiger partial charge in [0.25, 0.3) is 0 Å². The quantitative estimate of drug-likeness (QED) is 0.217. The third kappa shape index (κ3) is 10.3. The van der Waals surface area contributed by atoms with Gasteiger partial charge in [0.2, 0.25) is 0 Å². The van der Waals surface area contributed by atoms with E-state index in [2.05, 4.69) is 27.7 Å². The summed E-state index contributed by atoms with van der Waals surface area (Å²) in [4.78, 5) is 25.6. The van der Waals surface area contributed by atoms with E-state index in [1.165, 1.54) is 0 Å². The zero-order valence-corrected chi connectivity index (χ0v) is 19.3. The lowest BCUT2D eigenvalue weighted by Crippen LogP contribution is -2.21. The van der Waals surface area contributed by atoms with E-state index in [-0.39, 0.29) is 11.9 Å². The highest BCUT2D eigenvalue weighted by Crippen LogP contribution is 2.30. The van der Waals surface area contributed by atoms with E-state index < -0.39 is 0 Å². The van der Waals surface area contributed by atoms with Crippen molar-refractivity contribution in [2.24, 2.45) is 11.8 Å². The van der Waals surface area contributed by atoms with Crippen molar-refractivity contribution in [3.8, 4) is 0 Å². The molecule has 0 spiro atoms. The van der Waals surface area contributed by atoms with Crippen molar-refractivity contribution in [1.29, 1.82) is 0 Å². The molecule has 0 amide bonds. The molecule has 0 aromatic rings. The minimum Gasteiger partial charge on any atom is -0.463 e. The predicted octanol–water partition coefficient (Wildman–Crippen LogP) is 6.62. The number of hydrogen-bond donors (Lipinski definition) is 0. The van der Waals surface area contributed by atoms with Crippen molar-refractivity contribution in [3.63, 3.8) is 0 Å². The van der Waals surface area contributed by atoms with E-state index in [9.17, 15) is 9.59 Å². The number of esters is 2. The third-order valence-corrected chi connectivity index (χ3v) is 5.48. The van der Waals surface area contributed by atoms with Gasteiger partial charge in [0.05, 0.1) is 13.2 Å². The van der Waals surface area contributed by atoms with E-state index >= 15 is 0 Å². The van der Waals surface area contributed by atoms with Gasteiger partial charge in [0, 0.05) is 11.1 Å². The van der Waals surface area contributed by atoms with Crippen molar-refractivity contribution >= 4 is 11.9 Å². The Morgan fingerprint density at radius 2 is 1.00 bits per heavy atom. The van der Waals surface area contributed by atoms with Crippen LogP contribution in [0.15, 0.2) is 11.1 Å².